The Morgan fingerprint density at radius 2 is 2.17 bits per heavy atom. The van der Waals surface area contributed by atoms with E-state index in [4.69, 9.17) is 4.42 Å². The second-order valence-electron chi connectivity index (χ2n) is 6.12. The first kappa shape index (κ1) is 15.6. The van der Waals surface area contributed by atoms with Crippen molar-refractivity contribution in [3.05, 3.63) is 35.3 Å². The van der Waals surface area contributed by atoms with Crippen LogP contribution in [-0.4, -0.2) is 26.8 Å². The van der Waals surface area contributed by atoms with Crippen LogP contribution >= 0.6 is 0 Å². The standard InChI is InChI=1S/C16H24N6O/c1-10-5-8-14(23-10)11(2)18-16(19-13-6-7-13)17-9-15-21-20-12(3)22(15)4/h5,8,11,13H,6-7,9H2,1-4H3,(H2,17,18,19). The van der Waals surface area contributed by atoms with E-state index >= 15 is 0 Å². The maximum atomic E-state index is 5.68. The van der Waals surface area contributed by atoms with Crippen LogP contribution in [0.3, 0.4) is 0 Å². The minimum Gasteiger partial charge on any atom is -0.464 e. The molecule has 23 heavy (non-hydrogen) atoms. The van der Waals surface area contributed by atoms with E-state index in [1.54, 1.807) is 0 Å². The Kier molecular flexibility index (Phi) is 4.36. The number of furan rings is 1. The summed E-state index contributed by atoms with van der Waals surface area (Å²) >= 11 is 0. The predicted molar refractivity (Wildman–Crippen MR) is 88.0 cm³/mol. The fourth-order valence-electron chi connectivity index (χ4n) is 2.25. The zero-order valence-electron chi connectivity index (χ0n) is 14.1. The van der Waals surface area contributed by atoms with Crippen LogP contribution in [0, 0.1) is 13.8 Å². The Hall–Kier alpha value is -2.31. The number of nitrogens with one attached hydrogen (secondary N) is 2. The molecule has 1 aliphatic rings. The summed E-state index contributed by atoms with van der Waals surface area (Å²) in [5, 5.41) is 15.1. The van der Waals surface area contributed by atoms with Gasteiger partial charge in [0.25, 0.3) is 0 Å². The summed E-state index contributed by atoms with van der Waals surface area (Å²) in [7, 11) is 1.95. The molecule has 1 saturated carbocycles. The lowest BCUT2D eigenvalue weighted by atomic mass is 10.2. The number of nitrogens with zero attached hydrogens (tertiary/aromatic N) is 4. The predicted octanol–water partition coefficient (Wildman–Crippen LogP) is 1.98. The lowest BCUT2D eigenvalue weighted by Crippen LogP contribution is -2.40. The summed E-state index contributed by atoms with van der Waals surface area (Å²) in [6.45, 7) is 6.44. The highest BCUT2D eigenvalue weighted by Crippen LogP contribution is 2.19. The molecule has 0 saturated heterocycles. The number of aromatic nitrogens is 3. The highest BCUT2D eigenvalue weighted by atomic mass is 16.3. The van der Waals surface area contributed by atoms with Crippen LogP contribution in [0.1, 0.15) is 49.0 Å². The molecule has 2 N–H and O–H groups in total. The molecule has 2 aromatic heterocycles. The number of hydrogen-bond donors (Lipinski definition) is 2. The average molecular weight is 316 g/mol. The summed E-state index contributed by atoms with van der Waals surface area (Å²) in [6.07, 6.45) is 2.38. The lowest BCUT2D eigenvalue weighted by Gasteiger charge is -2.16. The fourth-order valence-corrected chi connectivity index (χ4v) is 2.25. The first-order valence-corrected chi connectivity index (χ1v) is 8.01. The van der Waals surface area contributed by atoms with E-state index in [9.17, 15) is 0 Å². The second-order valence-corrected chi connectivity index (χ2v) is 6.12. The normalized spacial score (nSPS) is 16.4. The van der Waals surface area contributed by atoms with E-state index in [-0.39, 0.29) is 6.04 Å². The fraction of sp³-hybridized carbons (Fsp3) is 0.562. The van der Waals surface area contributed by atoms with Gasteiger partial charge in [0.15, 0.2) is 11.8 Å². The maximum absolute atomic E-state index is 5.68. The molecular weight excluding hydrogens is 292 g/mol. The highest BCUT2D eigenvalue weighted by Gasteiger charge is 2.23. The van der Waals surface area contributed by atoms with Gasteiger partial charge in [-0.1, -0.05) is 0 Å². The first-order valence-electron chi connectivity index (χ1n) is 8.01. The van der Waals surface area contributed by atoms with Crippen LogP contribution in [0.15, 0.2) is 21.5 Å². The van der Waals surface area contributed by atoms with Crippen molar-refractivity contribution in [2.45, 2.75) is 52.2 Å². The van der Waals surface area contributed by atoms with Gasteiger partial charge in [0, 0.05) is 13.1 Å². The molecule has 0 radical (unpaired) electrons. The Morgan fingerprint density at radius 3 is 2.74 bits per heavy atom. The molecule has 7 nitrogen and oxygen atoms in total. The molecule has 124 valence electrons. The van der Waals surface area contributed by atoms with Gasteiger partial charge in [-0.2, -0.15) is 0 Å². The van der Waals surface area contributed by atoms with E-state index in [1.807, 2.05) is 37.6 Å². The third-order valence-corrected chi connectivity index (χ3v) is 4.02. The van der Waals surface area contributed by atoms with E-state index in [0.29, 0.717) is 12.6 Å². The maximum Gasteiger partial charge on any atom is 0.192 e. The Labute approximate surface area is 136 Å². The van der Waals surface area contributed by atoms with Gasteiger partial charge in [0.05, 0.1) is 6.04 Å². The topological polar surface area (TPSA) is 80.3 Å². The molecule has 0 aromatic carbocycles. The quantitative estimate of drug-likeness (QED) is 0.651. The Morgan fingerprint density at radius 1 is 1.39 bits per heavy atom. The smallest absolute Gasteiger partial charge is 0.192 e. The van der Waals surface area contributed by atoms with Crippen LogP contribution < -0.4 is 10.6 Å². The van der Waals surface area contributed by atoms with Crippen molar-refractivity contribution < 1.29 is 4.42 Å². The number of aryl methyl sites for hydroxylation is 2. The first-order chi connectivity index (χ1) is 11.0. The zero-order valence-corrected chi connectivity index (χ0v) is 14.1. The molecule has 2 heterocycles. The number of guanidine groups is 1. The highest BCUT2D eigenvalue weighted by molar-refractivity contribution is 5.80. The number of hydrogen-bond acceptors (Lipinski definition) is 4. The molecule has 3 rings (SSSR count). The molecule has 1 fully saturated rings. The molecule has 0 bridgehead atoms. The van der Waals surface area contributed by atoms with Crippen LogP contribution in [0.5, 0.6) is 0 Å². The largest absolute Gasteiger partial charge is 0.464 e. The summed E-state index contributed by atoms with van der Waals surface area (Å²) in [4.78, 5) is 4.65. The van der Waals surface area contributed by atoms with Crippen LogP contribution in [0.2, 0.25) is 0 Å². The van der Waals surface area contributed by atoms with Crippen molar-refractivity contribution in [2.75, 3.05) is 0 Å². The third-order valence-electron chi connectivity index (χ3n) is 4.02. The van der Waals surface area contributed by atoms with E-state index in [0.717, 1.165) is 29.1 Å². The molecule has 7 heteroatoms. The van der Waals surface area contributed by atoms with E-state index < -0.39 is 0 Å². The van der Waals surface area contributed by atoms with Gasteiger partial charge in [-0.25, -0.2) is 4.99 Å². The van der Waals surface area contributed by atoms with Gasteiger partial charge in [0.2, 0.25) is 0 Å². The summed E-state index contributed by atoms with van der Waals surface area (Å²) < 4.78 is 7.64. The number of rotatable bonds is 5. The van der Waals surface area contributed by atoms with Gasteiger partial charge in [-0.3, -0.25) is 0 Å². The van der Waals surface area contributed by atoms with Gasteiger partial charge in [-0.15, -0.1) is 10.2 Å². The Balaban J connectivity index is 1.69. The van der Waals surface area contributed by atoms with Gasteiger partial charge in [0.1, 0.15) is 23.9 Å². The van der Waals surface area contributed by atoms with Gasteiger partial charge >= 0.3 is 0 Å². The number of aliphatic imine (C=N–C) groups is 1. The molecule has 0 aliphatic heterocycles. The summed E-state index contributed by atoms with van der Waals surface area (Å²) in [5.74, 6) is 4.34. The van der Waals surface area contributed by atoms with Crippen molar-refractivity contribution >= 4 is 5.96 Å². The zero-order chi connectivity index (χ0) is 16.4. The van der Waals surface area contributed by atoms with Crippen LogP contribution in [0.4, 0.5) is 0 Å². The van der Waals surface area contributed by atoms with Crippen molar-refractivity contribution in [1.82, 2.24) is 25.4 Å². The van der Waals surface area contributed by atoms with Crippen molar-refractivity contribution in [2.24, 2.45) is 12.0 Å². The molecule has 1 atom stereocenters. The summed E-state index contributed by atoms with van der Waals surface area (Å²) in [5.41, 5.74) is 0. The minimum atomic E-state index is 0.0509. The molecule has 2 aromatic rings. The molecular formula is C16H24N6O. The van der Waals surface area contributed by atoms with Crippen molar-refractivity contribution in [3.8, 4) is 0 Å². The molecule has 0 spiro atoms. The van der Waals surface area contributed by atoms with Crippen molar-refractivity contribution in [1.29, 1.82) is 0 Å². The average Bonchev–Trinajstić information content (AvgIpc) is 3.14. The molecule has 1 aliphatic carbocycles. The van der Waals surface area contributed by atoms with Gasteiger partial charge in [-0.05, 0) is 45.7 Å². The lowest BCUT2D eigenvalue weighted by molar-refractivity contribution is 0.441. The van der Waals surface area contributed by atoms with Crippen LogP contribution in [-0.2, 0) is 13.6 Å². The monoisotopic (exact) mass is 316 g/mol. The minimum absolute atomic E-state index is 0.0509. The third kappa shape index (κ3) is 3.91. The summed E-state index contributed by atoms with van der Waals surface area (Å²) in [6, 6.07) is 4.54. The Bertz CT molecular complexity index is 697. The van der Waals surface area contributed by atoms with Crippen LogP contribution in [0.25, 0.3) is 0 Å². The SMILES string of the molecule is Cc1ccc(C(C)NC(=NCc2nnc(C)n2C)NC2CC2)o1. The van der Waals surface area contributed by atoms with E-state index in [2.05, 4.69) is 32.7 Å². The van der Waals surface area contributed by atoms with E-state index in [1.165, 1.54) is 12.8 Å². The second kappa shape index (κ2) is 6.44. The molecule has 0 amide bonds. The van der Waals surface area contributed by atoms with Gasteiger partial charge < -0.3 is 19.6 Å². The molecule has 1 unspecified atom stereocenters. The van der Waals surface area contributed by atoms with Crippen molar-refractivity contribution in [3.63, 3.8) is 0 Å².